The Bertz CT molecular complexity index is 642. The van der Waals surface area contributed by atoms with Crippen molar-refractivity contribution in [3.63, 3.8) is 0 Å². The molecule has 0 aliphatic heterocycles. The van der Waals surface area contributed by atoms with E-state index in [1.54, 1.807) is 6.07 Å². The first-order chi connectivity index (χ1) is 7.66. The van der Waals surface area contributed by atoms with Gasteiger partial charge in [0, 0.05) is 21.7 Å². The van der Waals surface area contributed by atoms with Crippen molar-refractivity contribution in [2.75, 3.05) is 0 Å². The minimum Gasteiger partial charge on any atom is -0.358 e. The molecule has 0 bridgehead atoms. The smallest absolute Gasteiger partial charge is 0.192 e. The molecule has 1 aromatic heterocycles. The topological polar surface area (TPSA) is 32.9 Å². The molecule has 16 heavy (non-hydrogen) atoms. The van der Waals surface area contributed by atoms with Gasteiger partial charge in [-0.15, -0.1) is 0 Å². The molecule has 0 fully saturated rings. The van der Waals surface area contributed by atoms with Gasteiger partial charge in [-0.1, -0.05) is 11.6 Å². The SMILES string of the molecule is Cc1cc(Cl)cc2c(=O)c3c([nH]c12)CCC3. The van der Waals surface area contributed by atoms with E-state index in [1.165, 1.54) is 0 Å². The number of rotatable bonds is 0. The molecule has 82 valence electrons. The van der Waals surface area contributed by atoms with Crippen molar-refractivity contribution in [3.05, 3.63) is 44.2 Å². The number of aromatic nitrogens is 1. The van der Waals surface area contributed by atoms with Crippen molar-refractivity contribution in [3.8, 4) is 0 Å². The Morgan fingerprint density at radius 2 is 2.12 bits per heavy atom. The Morgan fingerprint density at radius 3 is 2.94 bits per heavy atom. The minimum atomic E-state index is 0.159. The Kier molecular flexibility index (Phi) is 2.08. The van der Waals surface area contributed by atoms with E-state index >= 15 is 0 Å². The van der Waals surface area contributed by atoms with E-state index in [0.717, 1.165) is 47.0 Å². The number of fused-ring (bicyclic) bond motifs is 2. The monoisotopic (exact) mass is 233 g/mol. The molecular formula is C13H12ClNO. The van der Waals surface area contributed by atoms with Crippen molar-refractivity contribution in [2.45, 2.75) is 26.2 Å². The first kappa shape index (κ1) is 9.91. The normalized spacial score (nSPS) is 14.4. The highest BCUT2D eigenvalue weighted by atomic mass is 35.5. The summed E-state index contributed by atoms with van der Waals surface area (Å²) in [5.41, 5.74) is 4.20. The summed E-state index contributed by atoms with van der Waals surface area (Å²) in [6, 6.07) is 3.66. The second kappa shape index (κ2) is 3.36. The lowest BCUT2D eigenvalue weighted by atomic mass is 10.1. The Morgan fingerprint density at radius 1 is 1.31 bits per heavy atom. The van der Waals surface area contributed by atoms with E-state index in [0.29, 0.717) is 5.02 Å². The van der Waals surface area contributed by atoms with E-state index in [1.807, 2.05) is 13.0 Å². The Hall–Kier alpha value is -1.28. The first-order valence-corrected chi connectivity index (χ1v) is 5.88. The lowest BCUT2D eigenvalue weighted by Crippen LogP contribution is -2.11. The molecule has 0 unspecified atom stereocenters. The summed E-state index contributed by atoms with van der Waals surface area (Å²) in [5, 5.41) is 1.36. The predicted molar refractivity (Wildman–Crippen MR) is 66.3 cm³/mol. The first-order valence-electron chi connectivity index (χ1n) is 5.50. The largest absolute Gasteiger partial charge is 0.358 e. The maximum Gasteiger partial charge on any atom is 0.192 e. The number of benzene rings is 1. The van der Waals surface area contributed by atoms with Crippen LogP contribution in [0.15, 0.2) is 16.9 Å². The third-order valence-corrected chi connectivity index (χ3v) is 3.53. The van der Waals surface area contributed by atoms with Gasteiger partial charge in [-0.3, -0.25) is 4.79 Å². The number of aromatic amines is 1. The van der Waals surface area contributed by atoms with Gasteiger partial charge in [-0.25, -0.2) is 0 Å². The van der Waals surface area contributed by atoms with Gasteiger partial charge in [0.1, 0.15) is 0 Å². The molecule has 0 atom stereocenters. The fourth-order valence-electron chi connectivity index (χ4n) is 2.53. The molecule has 3 heteroatoms. The van der Waals surface area contributed by atoms with Crippen LogP contribution in [0.4, 0.5) is 0 Å². The van der Waals surface area contributed by atoms with E-state index in [-0.39, 0.29) is 5.43 Å². The highest BCUT2D eigenvalue weighted by Crippen LogP contribution is 2.24. The van der Waals surface area contributed by atoms with Crippen LogP contribution in [-0.2, 0) is 12.8 Å². The highest BCUT2D eigenvalue weighted by molar-refractivity contribution is 6.31. The molecule has 0 saturated carbocycles. The van der Waals surface area contributed by atoms with Crippen LogP contribution in [0.3, 0.4) is 0 Å². The van der Waals surface area contributed by atoms with E-state index < -0.39 is 0 Å². The van der Waals surface area contributed by atoms with Crippen molar-refractivity contribution in [1.82, 2.24) is 4.98 Å². The zero-order chi connectivity index (χ0) is 11.3. The fourth-order valence-corrected chi connectivity index (χ4v) is 2.81. The number of hydrogen-bond donors (Lipinski definition) is 1. The zero-order valence-corrected chi connectivity index (χ0v) is 9.82. The van der Waals surface area contributed by atoms with Crippen molar-refractivity contribution >= 4 is 22.5 Å². The van der Waals surface area contributed by atoms with E-state index in [9.17, 15) is 4.79 Å². The van der Waals surface area contributed by atoms with E-state index in [2.05, 4.69) is 4.98 Å². The second-order valence-electron chi connectivity index (χ2n) is 4.41. The summed E-state index contributed by atoms with van der Waals surface area (Å²) in [6.45, 7) is 1.98. The molecule has 2 nitrogen and oxygen atoms in total. The third-order valence-electron chi connectivity index (χ3n) is 3.31. The number of H-pyrrole nitrogens is 1. The highest BCUT2D eigenvalue weighted by Gasteiger charge is 2.17. The summed E-state index contributed by atoms with van der Waals surface area (Å²) >= 11 is 5.99. The van der Waals surface area contributed by atoms with E-state index in [4.69, 9.17) is 11.6 Å². The molecule has 3 rings (SSSR count). The number of halogens is 1. The molecule has 1 heterocycles. The number of pyridine rings is 1. The van der Waals surface area contributed by atoms with Crippen molar-refractivity contribution in [2.24, 2.45) is 0 Å². The quantitative estimate of drug-likeness (QED) is 0.746. The Balaban J connectivity index is 2.51. The van der Waals surface area contributed by atoms with Crippen LogP contribution in [0.25, 0.3) is 10.9 Å². The predicted octanol–water partition coefficient (Wildman–Crippen LogP) is 2.98. The third kappa shape index (κ3) is 1.30. The van der Waals surface area contributed by atoms with Gasteiger partial charge >= 0.3 is 0 Å². The van der Waals surface area contributed by atoms with Gasteiger partial charge < -0.3 is 4.98 Å². The van der Waals surface area contributed by atoms with Gasteiger partial charge in [-0.2, -0.15) is 0 Å². The summed E-state index contributed by atoms with van der Waals surface area (Å²) < 4.78 is 0. The standard InChI is InChI=1S/C13H12ClNO/c1-7-5-8(14)6-10-12(7)15-11-4-2-3-9(11)13(10)16/h5-6H,2-4H2,1H3,(H,15,16). The van der Waals surface area contributed by atoms with Gasteiger partial charge in [0.25, 0.3) is 0 Å². The molecular weight excluding hydrogens is 222 g/mol. The summed E-state index contributed by atoms with van der Waals surface area (Å²) in [6.07, 6.45) is 2.96. The van der Waals surface area contributed by atoms with Crippen LogP contribution < -0.4 is 5.43 Å². The van der Waals surface area contributed by atoms with Crippen LogP contribution in [0.5, 0.6) is 0 Å². The summed E-state index contributed by atoms with van der Waals surface area (Å²) in [4.78, 5) is 15.6. The molecule has 0 radical (unpaired) electrons. The number of hydrogen-bond acceptors (Lipinski definition) is 1. The molecule has 1 aromatic carbocycles. The fraction of sp³-hybridized carbons (Fsp3) is 0.308. The minimum absolute atomic E-state index is 0.159. The van der Waals surface area contributed by atoms with Crippen LogP contribution >= 0.6 is 11.6 Å². The molecule has 0 spiro atoms. The molecule has 2 aromatic rings. The van der Waals surface area contributed by atoms with Crippen LogP contribution in [0.1, 0.15) is 23.2 Å². The molecule has 1 N–H and O–H groups in total. The van der Waals surface area contributed by atoms with Crippen LogP contribution in [-0.4, -0.2) is 4.98 Å². The molecule has 1 aliphatic carbocycles. The lowest BCUT2D eigenvalue weighted by Gasteiger charge is -2.07. The average molecular weight is 234 g/mol. The molecule has 1 aliphatic rings. The maximum absolute atomic E-state index is 12.2. The van der Waals surface area contributed by atoms with Gasteiger partial charge in [0.05, 0.1) is 5.52 Å². The van der Waals surface area contributed by atoms with Gasteiger partial charge in [0.15, 0.2) is 5.43 Å². The van der Waals surface area contributed by atoms with Gasteiger partial charge in [0.2, 0.25) is 0 Å². The summed E-state index contributed by atoms with van der Waals surface area (Å²) in [7, 11) is 0. The summed E-state index contributed by atoms with van der Waals surface area (Å²) in [5.74, 6) is 0. The van der Waals surface area contributed by atoms with Crippen LogP contribution in [0.2, 0.25) is 5.02 Å². The molecule has 0 saturated heterocycles. The lowest BCUT2D eigenvalue weighted by molar-refractivity contribution is 0.900. The van der Waals surface area contributed by atoms with Crippen LogP contribution in [0, 0.1) is 6.92 Å². The van der Waals surface area contributed by atoms with Crippen molar-refractivity contribution < 1.29 is 0 Å². The van der Waals surface area contributed by atoms with Crippen molar-refractivity contribution in [1.29, 1.82) is 0 Å². The Labute approximate surface area is 98.3 Å². The number of nitrogens with one attached hydrogen (secondary N) is 1. The molecule has 0 amide bonds. The van der Waals surface area contributed by atoms with Gasteiger partial charge in [-0.05, 0) is 43.9 Å². The maximum atomic E-state index is 12.2. The number of aryl methyl sites for hydroxylation is 2. The average Bonchev–Trinajstić information content (AvgIpc) is 2.68. The second-order valence-corrected chi connectivity index (χ2v) is 4.85. The zero-order valence-electron chi connectivity index (χ0n) is 9.06.